The Morgan fingerprint density at radius 3 is 2.21 bits per heavy atom. The number of anilines is 1. The van der Waals surface area contributed by atoms with E-state index in [1.807, 2.05) is 31.2 Å². The van der Waals surface area contributed by atoms with Gasteiger partial charge in [0, 0.05) is 4.88 Å². The van der Waals surface area contributed by atoms with E-state index in [1.165, 1.54) is 25.2 Å². The van der Waals surface area contributed by atoms with Gasteiger partial charge < -0.3 is 5.32 Å². The molecular weight excluding hydrogens is 404 g/mol. The molecule has 1 N–H and O–H groups in total. The molecule has 0 bridgehead atoms. The number of carbonyl (C=O) groups excluding carboxylic acids is 1. The van der Waals surface area contributed by atoms with Crippen LogP contribution in [0.3, 0.4) is 0 Å². The molecule has 0 spiro atoms. The summed E-state index contributed by atoms with van der Waals surface area (Å²) >= 11 is 1.38. The Kier molecular flexibility index (Phi) is 5.34. The predicted octanol–water partition coefficient (Wildman–Crippen LogP) is 5.09. The van der Waals surface area contributed by atoms with E-state index in [9.17, 15) is 13.2 Å². The number of fused-ring (bicyclic) bond motifs is 1. The van der Waals surface area contributed by atoms with Gasteiger partial charge in [-0.15, -0.1) is 11.3 Å². The minimum atomic E-state index is -3.92. The fourth-order valence-corrected chi connectivity index (χ4v) is 5.58. The zero-order chi connectivity index (χ0) is 21.6. The van der Waals surface area contributed by atoms with Crippen molar-refractivity contribution in [1.29, 1.82) is 0 Å². The van der Waals surface area contributed by atoms with Crippen molar-refractivity contribution in [3.63, 3.8) is 0 Å². The Balaban J connectivity index is 1.93. The molecule has 0 aliphatic carbocycles. The van der Waals surface area contributed by atoms with Crippen LogP contribution in [0.2, 0.25) is 0 Å². The summed E-state index contributed by atoms with van der Waals surface area (Å²) in [6, 6.07) is 12.5. The standard InChI is InChI=1S/C22H26N2O3S2/c1-14-18(21(2,3)4)28-20(23-14)24-19(25)22(5,6)29(26,27)17-12-11-15-9-7-8-10-16(15)13-17/h7-13H,1-6H3,(H,23,24,25). The van der Waals surface area contributed by atoms with Gasteiger partial charge in [-0.25, -0.2) is 13.4 Å². The van der Waals surface area contributed by atoms with E-state index >= 15 is 0 Å². The number of nitrogens with one attached hydrogen (secondary N) is 1. The first-order chi connectivity index (χ1) is 13.3. The number of benzene rings is 2. The van der Waals surface area contributed by atoms with Crippen LogP contribution in [-0.4, -0.2) is 24.1 Å². The first-order valence-corrected chi connectivity index (χ1v) is 11.7. The normalized spacial score (nSPS) is 12.9. The van der Waals surface area contributed by atoms with Crippen molar-refractivity contribution in [2.24, 2.45) is 0 Å². The summed E-state index contributed by atoms with van der Waals surface area (Å²) in [4.78, 5) is 18.6. The molecule has 7 heteroatoms. The fourth-order valence-electron chi connectivity index (χ4n) is 3.14. The molecule has 0 saturated carbocycles. The van der Waals surface area contributed by atoms with Crippen molar-refractivity contribution in [3.05, 3.63) is 53.0 Å². The van der Waals surface area contributed by atoms with Crippen molar-refractivity contribution < 1.29 is 13.2 Å². The molecule has 29 heavy (non-hydrogen) atoms. The number of hydrogen-bond donors (Lipinski definition) is 1. The Morgan fingerprint density at radius 2 is 1.62 bits per heavy atom. The van der Waals surface area contributed by atoms with Crippen molar-refractivity contribution in [2.75, 3.05) is 5.32 Å². The molecule has 5 nitrogen and oxygen atoms in total. The minimum Gasteiger partial charge on any atom is -0.301 e. The molecule has 2 aromatic carbocycles. The van der Waals surface area contributed by atoms with E-state index < -0.39 is 20.5 Å². The summed E-state index contributed by atoms with van der Waals surface area (Å²) in [5, 5.41) is 4.89. The monoisotopic (exact) mass is 430 g/mol. The highest BCUT2D eigenvalue weighted by Crippen LogP contribution is 2.35. The maximum atomic E-state index is 13.3. The lowest BCUT2D eigenvalue weighted by Gasteiger charge is -2.23. The first-order valence-electron chi connectivity index (χ1n) is 9.37. The second kappa shape index (κ2) is 7.22. The molecule has 0 aliphatic heterocycles. The molecule has 0 atom stereocenters. The average Bonchev–Trinajstić information content (AvgIpc) is 3.01. The van der Waals surface area contributed by atoms with Crippen molar-refractivity contribution in [1.82, 2.24) is 4.98 Å². The smallest absolute Gasteiger partial charge is 0.247 e. The molecule has 0 saturated heterocycles. The number of thiazole rings is 1. The van der Waals surface area contributed by atoms with Crippen LogP contribution in [0.15, 0.2) is 47.4 Å². The highest BCUT2D eigenvalue weighted by Gasteiger charge is 2.43. The molecule has 3 aromatic rings. The number of hydrogen-bond acceptors (Lipinski definition) is 5. The third-order valence-electron chi connectivity index (χ3n) is 4.95. The SMILES string of the molecule is Cc1nc(NC(=O)C(C)(C)S(=O)(=O)c2ccc3ccccc3c2)sc1C(C)(C)C. The van der Waals surface area contributed by atoms with E-state index in [-0.39, 0.29) is 10.3 Å². The van der Waals surface area contributed by atoms with Crippen LogP contribution in [0.4, 0.5) is 5.13 Å². The maximum absolute atomic E-state index is 13.3. The van der Waals surface area contributed by atoms with E-state index in [2.05, 4.69) is 31.1 Å². The molecule has 1 aromatic heterocycles. The summed E-state index contributed by atoms with van der Waals surface area (Å²) in [6.07, 6.45) is 0. The summed E-state index contributed by atoms with van der Waals surface area (Å²) in [5.74, 6) is -0.597. The van der Waals surface area contributed by atoms with Crippen molar-refractivity contribution >= 4 is 43.0 Å². The van der Waals surface area contributed by atoms with E-state index in [4.69, 9.17) is 0 Å². The highest BCUT2D eigenvalue weighted by atomic mass is 32.2. The van der Waals surface area contributed by atoms with Crippen LogP contribution >= 0.6 is 11.3 Å². The van der Waals surface area contributed by atoms with Crippen LogP contribution < -0.4 is 5.32 Å². The molecule has 1 heterocycles. The minimum absolute atomic E-state index is 0.0998. The van der Waals surface area contributed by atoms with E-state index in [0.29, 0.717) is 5.13 Å². The van der Waals surface area contributed by atoms with Crippen molar-refractivity contribution in [2.45, 2.75) is 56.6 Å². The molecule has 154 valence electrons. The first kappa shape index (κ1) is 21.5. The predicted molar refractivity (Wildman–Crippen MR) is 119 cm³/mol. The number of aryl methyl sites for hydroxylation is 1. The second-order valence-corrected chi connectivity index (χ2v) is 12.2. The molecule has 1 amide bonds. The van der Waals surface area contributed by atoms with Crippen LogP contribution in [0.5, 0.6) is 0 Å². The third-order valence-corrected chi connectivity index (χ3v) is 8.85. The van der Waals surface area contributed by atoms with Gasteiger partial charge in [0.2, 0.25) is 5.91 Å². The molecule has 0 unspecified atom stereocenters. The lowest BCUT2D eigenvalue weighted by atomic mass is 9.94. The van der Waals surface area contributed by atoms with Gasteiger partial charge in [-0.2, -0.15) is 0 Å². The largest absolute Gasteiger partial charge is 0.301 e. The lowest BCUT2D eigenvalue weighted by Crippen LogP contribution is -2.44. The van der Waals surface area contributed by atoms with Gasteiger partial charge in [-0.3, -0.25) is 4.79 Å². The van der Waals surface area contributed by atoms with Crippen LogP contribution in [0, 0.1) is 6.92 Å². The number of rotatable bonds is 4. The number of carbonyl (C=O) groups is 1. The van der Waals surface area contributed by atoms with E-state index in [1.54, 1.807) is 18.2 Å². The van der Waals surface area contributed by atoms with Gasteiger partial charge in [0.15, 0.2) is 15.0 Å². The molecule has 0 aliphatic rings. The third kappa shape index (κ3) is 3.94. The maximum Gasteiger partial charge on any atom is 0.247 e. The van der Waals surface area contributed by atoms with Crippen LogP contribution in [0.1, 0.15) is 45.2 Å². The van der Waals surface area contributed by atoms with Gasteiger partial charge >= 0.3 is 0 Å². The van der Waals surface area contributed by atoms with Gasteiger partial charge in [0.1, 0.15) is 4.75 Å². The number of sulfone groups is 1. The van der Waals surface area contributed by atoms with Gasteiger partial charge in [-0.05, 0) is 49.1 Å². The van der Waals surface area contributed by atoms with Crippen LogP contribution in [0.25, 0.3) is 10.8 Å². The number of aromatic nitrogens is 1. The Labute approximate surface area is 176 Å². The summed E-state index contributed by atoms with van der Waals surface area (Å²) in [6.45, 7) is 11.0. The zero-order valence-corrected chi connectivity index (χ0v) is 19.2. The number of nitrogens with zero attached hydrogens (tertiary/aromatic N) is 1. The van der Waals surface area contributed by atoms with Crippen molar-refractivity contribution in [3.8, 4) is 0 Å². The zero-order valence-electron chi connectivity index (χ0n) is 17.5. The highest BCUT2D eigenvalue weighted by molar-refractivity contribution is 7.93. The summed E-state index contributed by atoms with van der Waals surface area (Å²) in [5.41, 5.74) is 0.741. The van der Waals surface area contributed by atoms with Gasteiger partial charge in [-0.1, -0.05) is 51.1 Å². The molecule has 0 fully saturated rings. The Morgan fingerprint density at radius 1 is 1.00 bits per heavy atom. The lowest BCUT2D eigenvalue weighted by molar-refractivity contribution is -0.117. The second-order valence-electron chi connectivity index (χ2n) is 8.66. The topological polar surface area (TPSA) is 76.1 Å². The Bertz CT molecular complexity index is 1190. The average molecular weight is 431 g/mol. The Hall–Kier alpha value is -2.25. The summed E-state index contributed by atoms with van der Waals surface area (Å²) in [7, 11) is -3.92. The van der Waals surface area contributed by atoms with Crippen LogP contribution in [-0.2, 0) is 20.0 Å². The molecular formula is C22H26N2O3S2. The molecule has 3 rings (SSSR count). The number of amides is 1. The summed E-state index contributed by atoms with van der Waals surface area (Å²) < 4.78 is 24.9. The van der Waals surface area contributed by atoms with Gasteiger partial charge in [0.25, 0.3) is 0 Å². The van der Waals surface area contributed by atoms with E-state index in [0.717, 1.165) is 21.3 Å². The molecule has 0 radical (unpaired) electrons. The quantitative estimate of drug-likeness (QED) is 0.625. The van der Waals surface area contributed by atoms with Gasteiger partial charge in [0.05, 0.1) is 10.6 Å². The fraction of sp³-hybridized carbons (Fsp3) is 0.364.